The number of hydrogen-bond acceptors (Lipinski definition) is 5. The number of halogens is 1. The Labute approximate surface area is 213 Å². The van der Waals surface area contributed by atoms with E-state index in [0.717, 1.165) is 23.1 Å². The topological polar surface area (TPSA) is 57.2 Å². The highest BCUT2D eigenvalue weighted by molar-refractivity contribution is 5.73. The molecule has 1 saturated heterocycles. The van der Waals surface area contributed by atoms with Crippen molar-refractivity contribution in [2.75, 3.05) is 20.7 Å². The van der Waals surface area contributed by atoms with Crippen LogP contribution in [0, 0.1) is 11.2 Å². The number of benzene rings is 2. The van der Waals surface area contributed by atoms with Crippen molar-refractivity contribution >= 4 is 5.91 Å². The maximum atomic E-state index is 14.1. The Hall–Kier alpha value is -2.48. The number of carbonyl (C=O) groups excluding carboxylic acids is 1. The lowest BCUT2D eigenvalue weighted by Gasteiger charge is -2.46. The van der Waals surface area contributed by atoms with Gasteiger partial charge in [0.1, 0.15) is 29.9 Å². The monoisotopic (exact) mass is 499 g/mol. The minimum absolute atomic E-state index is 0.00722. The van der Waals surface area contributed by atoms with Gasteiger partial charge in [-0.3, -0.25) is 4.79 Å². The van der Waals surface area contributed by atoms with Crippen molar-refractivity contribution in [1.82, 2.24) is 4.90 Å². The first-order chi connectivity index (χ1) is 16.9. The second-order valence-corrected chi connectivity index (χ2v) is 11.1. The van der Waals surface area contributed by atoms with Gasteiger partial charge in [0.2, 0.25) is 5.91 Å². The molecule has 0 radical (unpaired) electrons. The van der Waals surface area contributed by atoms with Crippen molar-refractivity contribution in [3.05, 3.63) is 53.8 Å². The zero-order valence-electron chi connectivity index (χ0n) is 22.3. The molecule has 2 aromatic carbocycles. The van der Waals surface area contributed by atoms with E-state index in [2.05, 4.69) is 13.8 Å². The Kier molecular flexibility index (Phi) is 7.47. The highest BCUT2D eigenvalue weighted by Gasteiger charge is 2.58. The van der Waals surface area contributed by atoms with E-state index < -0.39 is 5.79 Å². The largest absolute Gasteiger partial charge is 0.488 e. The first-order valence-corrected chi connectivity index (χ1v) is 12.6. The van der Waals surface area contributed by atoms with Crippen LogP contribution in [0.25, 0.3) is 11.1 Å². The zero-order chi connectivity index (χ0) is 26.3. The Bertz CT molecular complexity index is 1100. The summed E-state index contributed by atoms with van der Waals surface area (Å²) in [5.41, 5.74) is 2.48. The molecule has 1 heterocycles. The van der Waals surface area contributed by atoms with Gasteiger partial charge in [0.25, 0.3) is 0 Å². The molecule has 1 saturated carbocycles. The number of likely N-dealkylation sites (N-methyl/N-ethyl adjacent to an activating group) is 1. The predicted molar refractivity (Wildman–Crippen MR) is 136 cm³/mol. The minimum Gasteiger partial charge on any atom is -0.488 e. The highest BCUT2D eigenvalue weighted by atomic mass is 19.1. The van der Waals surface area contributed by atoms with Crippen molar-refractivity contribution in [3.63, 3.8) is 0 Å². The molecule has 196 valence electrons. The van der Waals surface area contributed by atoms with E-state index in [1.54, 1.807) is 32.0 Å². The highest BCUT2D eigenvalue weighted by Crippen LogP contribution is 2.47. The van der Waals surface area contributed by atoms with Crippen LogP contribution in [0.2, 0.25) is 0 Å². The summed E-state index contributed by atoms with van der Waals surface area (Å²) in [5, 5.41) is 0. The number of methoxy groups -OCH3 is 1. The van der Waals surface area contributed by atoms with Gasteiger partial charge in [-0.15, -0.1) is 0 Å². The number of carbonyl (C=O) groups is 1. The molecule has 2 aliphatic rings. The van der Waals surface area contributed by atoms with Gasteiger partial charge in [-0.2, -0.15) is 0 Å². The van der Waals surface area contributed by atoms with Gasteiger partial charge in [0.05, 0.1) is 6.10 Å². The van der Waals surface area contributed by atoms with Gasteiger partial charge in [-0.25, -0.2) is 4.39 Å². The van der Waals surface area contributed by atoms with Crippen LogP contribution in [0.15, 0.2) is 42.5 Å². The lowest BCUT2D eigenvalue weighted by atomic mass is 9.71. The van der Waals surface area contributed by atoms with E-state index in [4.69, 9.17) is 18.9 Å². The number of fused-ring (bicyclic) bond motifs is 1. The molecule has 2 aromatic rings. The molecule has 1 amide bonds. The molecule has 7 heteroatoms. The second-order valence-electron chi connectivity index (χ2n) is 11.1. The van der Waals surface area contributed by atoms with Crippen LogP contribution in [0.4, 0.5) is 4.39 Å². The van der Waals surface area contributed by atoms with Gasteiger partial charge in [0.15, 0.2) is 5.79 Å². The summed E-state index contributed by atoms with van der Waals surface area (Å²) in [6, 6.07) is 12.5. The molecule has 4 rings (SSSR count). The third kappa shape index (κ3) is 5.58. The quantitative estimate of drug-likeness (QED) is 0.523. The maximum Gasteiger partial charge on any atom is 0.219 e. The van der Waals surface area contributed by atoms with Crippen molar-refractivity contribution in [2.24, 2.45) is 5.41 Å². The summed E-state index contributed by atoms with van der Waals surface area (Å²) in [6.07, 6.45) is 0.486. The molecule has 1 aliphatic carbocycles. The SMILES string of the molecule is CO[C@@H]1[C@H]2OC(C)(C)O[C@H]2[C@H](Oc2ccc(CCN(C)C(C)=O)c(-c3cccc(F)c3)c2)CC1(C)C. The Morgan fingerprint density at radius 1 is 1.11 bits per heavy atom. The Morgan fingerprint density at radius 3 is 2.50 bits per heavy atom. The zero-order valence-corrected chi connectivity index (χ0v) is 22.3. The van der Waals surface area contributed by atoms with Gasteiger partial charge >= 0.3 is 0 Å². The van der Waals surface area contributed by atoms with Crippen LogP contribution in [0.1, 0.15) is 46.6 Å². The summed E-state index contributed by atoms with van der Waals surface area (Å²) in [5.74, 6) is -0.339. The molecular formula is C29H38FNO5. The lowest BCUT2D eigenvalue weighted by Crippen LogP contribution is -2.58. The standard InChI is InChI=1S/C29H38FNO5/c1-18(32)31(6)14-13-19-11-12-22(16-23(19)20-9-8-10-21(30)15-20)34-24-17-28(2,3)27(33-7)26-25(24)35-29(4,5)36-26/h8-12,15-16,24-27H,13-14,17H2,1-7H3/t24-,25+,26+,27-/m1/s1. The Morgan fingerprint density at radius 2 is 1.83 bits per heavy atom. The Balaban J connectivity index is 1.65. The van der Waals surface area contributed by atoms with E-state index in [1.165, 1.54) is 12.1 Å². The smallest absolute Gasteiger partial charge is 0.219 e. The van der Waals surface area contributed by atoms with E-state index in [9.17, 15) is 9.18 Å². The third-order valence-electron chi connectivity index (χ3n) is 7.34. The lowest BCUT2D eigenvalue weighted by molar-refractivity contribution is -0.164. The van der Waals surface area contributed by atoms with Gasteiger partial charge < -0.3 is 23.8 Å². The predicted octanol–water partition coefficient (Wildman–Crippen LogP) is 5.23. The summed E-state index contributed by atoms with van der Waals surface area (Å²) >= 11 is 0. The first kappa shape index (κ1) is 26.6. The van der Waals surface area contributed by atoms with Gasteiger partial charge in [-0.05, 0) is 73.1 Å². The molecular weight excluding hydrogens is 461 g/mol. The molecule has 0 aromatic heterocycles. The van der Waals surface area contributed by atoms with E-state index >= 15 is 0 Å². The molecule has 36 heavy (non-hydrogen) atoms. The number of amides is 1. The minimum atomic E-state index is -0.729. The van der Waals surface area contributed by atoms with E-state index in [-0.39, 0.29) is 41.6 Å². The molecule has 0 bridgehead atoms. The number of hydrogen-bond donors (Lipinski definition) is 0. The molecule has 0 spiro atoms. The summed E-state index contributed by atoms with van der Waals surface area (Å²) in [4.78, 5) is 13.4. The van der Waals surface area contributed by atoms with Gasteiger partial charge in [-0.1, -0.05) is 32.0 Å². The molecule has 0 N–H and O–H groups in total. The maximum absolute atomic E-state index is 14.1. The summed E-state index contributed by atoms with van der Waals surface area (Å²) in [6.45, 7) is 10.3. The average Bonchev–Trinajstić information content (AvgIpc) is 3.12. The fourth-order valence-corrected chi connectivity index (χ4v) is 5.49. The molecule has 1 aliphatic heterocycles. The molecule has 2 fully saturated rings. The summed E-state index contributed by atoms with van der Waals surface area (Å²) < 4.78 is 39.1. The van der Waals surface area contributed by atoms with Crippen molar-refractivity contribution in [1.29, 1.82) is 0 Å². The molecule has 4 atom stereocenters. The summed E-state index contributed by atoms with van der Waals surface area (Å²) in [7, 11) is 3.49. The van der Waals surface area contributed by atoms with Crippen molar-refractivity contribution in [2.45, 2.75) is 77.7 Å². The van der Waals surface area contributed by atoms with Crippen LogP contribution < -0.4 is 4.74 Å². The number of nitrogens with zero attached hydrogens (tertiary/aromatic N) is 1. The van der Waals surface area contributed by atoms with E-state index in [1.807, 2.05) is 38.1 Å². The first-order valence-electron chi connectivity index (χ1n) is 12.6. The van der Waals surface area contributed by atoms with Crippen LogP contribution in [-0.4, -0.2) is 61.7 Å². The van der Waals surface area contributed by atoms with Gasteiger partial charge in [0, 0.05) is 27.6 Å². The van der Waals surface area contributed by atoms with Crippen molar-refractivity contribution in [3.8, 4) is 16.9 Å². The van der Waals surface area contributed by atoms with Crippen LogP contribution in [-0.2, 0) is 25.4 Å². The number of rotatable bonds is 7. The van der Waals surface area contributed by atoms with Crippen molar-refractivity contribution < 1.29 is 28.1 Å². The molecule has 6 nitrogen and oxygen atoms in total. The fourth-order valence-electron chi connectivity index (χ4n) is 5.49. The second kappa shape index (κ2) is 10.1. The average molecular weight is 500 g/mol. The van der Waals surface area contributed by atoms with Crippen LogP contribution in [0.5, 0.6) is 5.75 Å². The van der Waals surface area contributed by atoms with Crippen LogP contribution >= 0.6 is 0 Å². The number of ether oxygens (including phenoxy) is 4. The fraction of sp³-hybridized carbons (Fsp3) is 0.552. The normalized spacial score (nSPS) is 26.3. The van der Waals surface area contributed by atoms with E-state index in [0.29, 0.717) is 18.7 Å². The molecule has 0 unspecified atom stereocenters. The van der Waals surface area contributed by atoms with Crippen LogP contribution in [0.3, 0.4) is 0 Å². The third-order valence-corrected chi connectivity index (χ3v) is 7.34.